The van der Waals surface area contributed by atoms with Gasteiger partial charge in [-0.3, -0.25) is 9.69 Å². The maximum absolute atomic E-state index is 12.5. The molecule has 2 aromatic rings. The van der Waals surface area contributed by atoms with Crippen LogP contribution in [0.3, 0.4) is 0 Å². The minimum Gasteiger partial charge on any atom is -0.357 e. The molecular formula is C27H39N5O. The van der Waals surface area contributed by atoms with Crippen LogP contribution in [0.4, 0.5) is 0 Å². The Kier molecular flexibility index (Phi) is 9.76. The highest BCUT2D eigenvalue weighted by Crippen LogP contribution is 2.24. The molecule has 178 valence electrons. The first kappa shape index (κ1) is 24.8. The molecule has 1 aliphatic rings. The number of rotatable bonds is 10. The summed E-state index contributed by atoms with van der Waals surface area (Å²) in [5, 5.41) is 6.93. The van der Waals surface area contributed by atoms with E-state index in [9.17, 15) is 4.79 Å². The lowest BCUT2D eigenvalue weighted by molar-refractivity contribution is 0.0773. The van der Waals surface area contributed by atoms with Crippen molar-refractivity contribution in [2.75, 3.05) is 39.3 Å². The predicted molar refractivity (Wildman–Crippen MR) is 137 cm³/mol. The number of likely N-dealkylation sites (tertiary alicyclic amines) is 1. The normalized spacial score (nSPS) is 15.3. The molecule has 1 saturated heterocycles. The number of nitrogens with one attached hydrogen (secondary N) is 2. The Morgan fingerprint density at radius 3 is 2.24 bits per heavy atom. The highest BCUT2D eigenvalue weighted by molar-refractivity contribution is 5.94. The molecule has 1 aliphatic heterocycles. The highest BCUT2D eigenvalue weighted by atomic mass is 16.2. The average Bonchev–Trinajstić information content (AvgIpc) is 3.39. The van der Waals surface area contributed by atoms with Crippen molar-refractivity contribution >= 4 is 11.9 Å². The minimum absolute atomic E-state index is 0.0823. The van der Waals surface area contributed by atoms with Gasteiger partial charge in [-0.15, -0.1) is 0 Å². The van der Waals surface area contributed by atoms with Gasteiger partial charge in [0.2, 0.25) is 0 Å². The maximum atomic E-state index is 12.5. The zero-order valence-electron chi connectivity index (χ0n) is 20.4. The second-order valence-corrected chi connectivity index (χ2v) is 8.42. The van der Waals surface area contributed by atoms with Crippen LogP contribution in [-0.4, -0.2) is 60.9 Å². The molecule has 0 aliphatic carbocycles. The van der Waals surface area contributed by atoms with Gasteiger partial charge in [0.05, 0.1) is 12.6 Å². The van der Waals surface area contributed by atoms with Gasteiger partial charge in [-0.25, -0.2) is 4.99 Å². The smallest absolute Gasteiger partial charge is 0.253 e. The van der Waals surface area contributed by atoms with Gasteiger partial charge in [0, 0.05) is 31.7 Å². The zero-order chi connectivity index (χ0) is 23.5. The van der Waals surface area contributed by atoms with Crippen molar-refractivity contribution in [3.8, 4) is 0 Å². The van der Waals surface area contributed by atoms with Gasteiger partial charge in [-0.05, 0) is 70.0 Å². The van der Waals surface area contributed by atoms with Crippen LogP contribution in [0.15, 0.2) is 59.6 Å². The lowest BCUT2D eigenvalue weighted by Gasteiger charge is -2.29. The Morgan fingerprint density at radius 2 is 1.64 bits per heavy atom. The molecule has 0 bridgehead atoms. The number of amides is 1. The van der Waals surface area contributed by atoms with Crippen molar-refractivity contribution < 1.29 is 4.79 Å². The first-order chi connectivity index (χ1) is 16.2. The molecule has 6 heteroatoms. The quantitative estimate of drug-likeness (QED) is 0.424. The van der Waals surface area contributed by atoms with Gasteiger partial charge >= 0.3 is 0 Å². The van der Waals surface area contributed by atoms with E-state index in [4.69, 9.17) is 4.99 Å². The van der Waals surface area contributed by atoms with Crippen LogP contribution in [0.1, 0.15) is 61.1 Å². The third-order valence-corrected chi connectivity index (χ3v) is 6.24. The van der Waals surface area contributed by atoms with E-state index < -0.39 is 0 Å². The molecule has 1 fully saturated rings. The predicted octanol–water partition coefficient (Wildman–Crippen LogP) is 4.06. The molecule has 33 heavy (non-hydrogen) atoms. The third kappa shape index (κ3) is 7.06. The van der Waals surface area contributed by atoms with Gasteiger partial charge in [-0.2, -0.15) is 0 Å². The summed E-state index contributed by atoms with van der Waals surface area (Å²) in [6.45, 7) is 12.0. The van der Waals surface area contributed by atoms with Crippen molar-refractivity contribution in [3.63, 3.8) is 0 Å². The second kappa shape index (κ2) is 13.0. The highest BCUT2D eigenvalue weighted by Gasteiger charge is 2.23. The monoisotopic (exact) mass is 449 g/mol. The number of hydrogen-bond acceptors (Lipinski definition) is 3. The number of benzene rings is 2. The van der Waals surface area contributed by atoms with Crippen LogP contribution in [0, 0.1) is 0 Å². The lowest BCUT2D eigenvalue weighted by atomic mass is 10.1. The molecule has 0 saturated carbocycles. The summed E-state index contributed by atoms with van der Waals surface area (Å²) < 4.78 is 0. The Hall–Kier alpha value is -2.86. The van der Waals surface area contributed by atoms with Gasteiger partial charge in [0.15, 0.2) is 5.96 Å². The van der Waals surface area contributed by atoms with E-state index in [2.05, 4.69) is 52.8 Å². The Balaban J connectivity index is 1.64. The van der Waals surface area contributed by atoms with Gasteiger partial charge in [0.1, 0.15) is 0 Å². The van der Waals surface area contributed by atoms with Crippen LogP contribution in [-0.2, 0) is 6.54 Å². The van der Waals surface area contributed by atoms with E-state index in [1.165, 1.54) is 18.4 Å². The summed E-state index contributed by atoms with van der Waals surface area (Å²) in [6.07, 6.45) is 2.54. The number of carbonyl (C=O) groups is 1. The number of hydrogen-bond donors (Lipinski definition) is 2. The van der Waals surface area contributed by atoms with Crippen LogP contribution >= 0.6 is 0 Å². The van der Waals surface area contributed by atoms with E-state index in [1.54, 1.807) is 0 Å². The summed E-state index contributed by atoms with van der Waals surface area (Å²) in [6, 6.07) is 18.9. The largest absolute Gasteiger partial charge is 0.357 e. The maximum Gasteiger partial charge on any atom is 0.253 e. The Morgan fingerprint density at radius 1 is 0.970 bits per heavy atom. The number of carbonyl (C=O) groups excluding carboxylic acids is 1. The van der Waals surface area contributed by atoms with Crippen molar-refractivity contribution in [3.05, 3.63) is 71.3 Å². The average molecular weight is 450 g/mol. The first-order valence-corrected chi connectivity index (χ1v) is 12.4. The topological polar surface area (TPSA) is 60.0 Å². The summed E-state index contributed by atoms with van der Waals surface area (Å²) in [5.74, 6) is 0.903. The fourth-order valence-electron chi connectivity index (χ4n) is 4.34. The second-order valence-electron chi connectivity index (χ2n) is 8.42. The van der Waals surface area contributed by atoms with Crippen molar-refractivity contribution in [1.82, 2.24) is 20.4 Å². The Labute approximate surface area is 199 Å². The summed E-state index contributed by atoms with van der Waals surface area (Å²) in [7, 11) is 0. The molecular weight excluding hydrogens is 410 g/mol. The molecule has 2 N–H and O–H groups in total. The molecule has 1 amide bonds. The van der Waals surface area contributed by atoms with Gasteiger partial charge in [0.25, 0.3) is 5.91 Å². The SMILES string of the molecule is CCNC(=NCc1ccc(C(=O)N(CC)CC)cc1)NCC(c1ccccc1)N1CCCC1. The molecule has 2 aromatic carbocycles. The summed E-state index contributed by atoms with van der Waals surface area (Å²) in [5.41, 5.74) is 3.16. The third-order valence-electron chi connectivity index (χ3n) is 6.24. The summed E-state index contributed by atoms with van der Waals surface area (Å²) >= 11 is 0. The standard InChI is InChI=1S/C27H39N5O/c1-4-28-27(29-20-22-14-16-24(17-15-22)26(33)31(5-2)6-3)30-21-25(32-18-10-11-19-32)23-12-8-7-9-13-23/h7-9,12-17,25H,4-6,10-11,18-21H2,1-3H3,(H2,28,29,30). The molecule has 1 atom stereocenters. The molecule has 6 nitrogen and oxygen atoms in total. The van der Waals surface area contributed by atoms with Crippen molar-refractivity contribution in [1.29, 1.82) is 0 Å². The van der Waals surface area contributed by atoms with Crippen molar-refractivity contribution in [2.45, 2.75) is 46.2 Å². The fraction of sp³-hybridized carbons (Fsp3) is 0.481. The van der Waals surface area contributed by atoms with Crippen LogP contribution < -0.4 is 10.6 Å². The van der Waals surface area contributed by atoms with Gasteiger partial charge < -0.3 is 15.5 Å². The fourth-order valence-corrected chi connectivity index (χ4v) is 4.34. The molecule has 0 aromatic heterocycles. The first-order valence-electron chi connectivity index (χ1n) is 12.4. The number of guanidine groups is 1. The van der Waals surface area contributed by atoms with Gasteiger partial charge in [-0.1, -0.05) is 42.5 Å². The van der Waals surface area contributed by atoms with E-state index in [-0.39, 0.29) is 5.91 Å². The molecule has 0 spiro atoms. The van der Waals surface area contributed by atoms with E-state index in [0.29, 0.717) is 12.6 Å². The molecule has 0 radical (unpaired) electrons. The van der Waals surface area contributed by atoms with Crippen LogP contribution in [0.5, 0.6) is 0 Å². The van der Waals surface area contributed by atoms with Crippen molar-refractivity contribution in [2.24, 2.45) is 4.99 Å². The number of aliphatic imine (C=N–C) groups is 1. The van der Waals surface area contributed by atoms with Crippen LogP contribution in [0.2, 0.25) is 0 Å². The Bertz CT molecular complexity index is 871. The molecule has 1 heterocycles. The molecule has 1 unspecified atom stereocenters. The van der Waals surface area contributed by atoms with Crippen LogP contribution in [0.25, 0.3) is 0 Å². The van der Waals surface area contributed by atoms with E-state index in [1.807, 2.05) is 43.0 Å². The van der Waals surface area contributed by atoms with E-state index >= 15 is 0 Å². The lowest BCUT2D eigenvalue weighted by Crippen LogP contribution is -2.42. The minimum atomic E-state index is 0.0823. The molecule has 3 rings (SSSR count). The summed E-state index contributed by atoms with van der Waals surface area (Å²) in [4.78, 5) is 21.7. The zero-order valence-corrected chi connectivity index (χ0v) is 20.4. The number of nitrogens with zero attached hydrogens (tertiary/aromatic N) is 3. The van der Waals surface area contributed by atoms with E-state index in [0.717, 1.165) is 56.4 Å².